The molecule has 44 heavy (non-hydrogen) atoms. The van der Waals surface area contributed by atoms with Crippen molar-refractivity contribution in [2.45, 2.75) is 91.1 Å². The van der Waals surface area contributed by atoms with E-state index in [4.69, 9.17) is 14.2 Å². The quantitative estimate of drug-likeness (QED) is 0.151. The van der Waals surface area contributed by atoms with Crippen LogP contribution in [0, 0.1) is 11.8 Å². The Balaban J connectivity index is 2.09. The number of aromatic hydroxyl groups is 2. The van der Waals surface area contributed by atoms with Crippen molar-refractivity contribution in [3.05, 3.63) is 47.1 Å². The SMILES string of the molecule is CCCC(=O)O[C@H]1/C(C)=C/[C@H](C)[C@@H](O)[C@@H](OC)C[C@H](C)Cc2c(O)c(cc(O)c2N2CCC2)NC(=O)/C(C)=C/C=C\[C@@H]1OC. The summed E-state index contributed by atoms with van der Waals surface area (Å²) in [6.07, 6.45) is 6.72. The molecule has 0 unspecified atom stereocenters. The highest BCUT2D eigenvalue weighted by Crippen LogP contribution is 2.45. The first-order chi connectivity index (χ1) is 20.9. The molecule has 10 heteroatoms. The van der Waals surface area contributed by atoms with Crippen LogP contribution >= 0.6 is 0 Å². The number of hydrogen-bond donors (Lipinski definition) is 4. The molecule has 1 aromatic carbocycles. The van der Waals surface area contributed by atoms with E-state index in [0.717, 1.165) is 19.5 Å². The number of phenolic OH excluding ortho intramolecular Hbond substituents is 2. The Bertz CT molecular complexity index is 1250. The number of aliphatic hydroxyl groups excluding tert-OH is 1. The molecule has 2 heterocycles. The summed E-state index contributed by atoms with van der Waals surface area (Å²) in [5, 5.41) is 36.6. The first-order valence-electron chi connectivity index (χ1n) is 15.5. The van der Waals surface area contributed by atoms with Crippen LogP contribution in [0.3, 0.4) is 0 Å². The highest BCUT2D eigenvalue weighted by molar-refractivity contribution is 6.05. The Kier molecular flexibility index (Phi) is 12.9. The van der Waals surface area contributed by atoms with E-state index in [2.05, 4.69) is 5.32 Å². The number of rotatable bonds is 6. The zero-order valence-corrected chi connectivity index (χ0v) is 27.1. The molecule has 6 atom stereocenters. The van der Waals surface area contributed by atoms with Crippen LogP contribution in [-0.4, -0.2) is 78.9 Å². The molecule has 1 aromatic rings. The third kappa shape index (κ3) is 8.64. The maximum atomic E-state index is 13.1. The standard InChI is InChI=1S/C34H50N2O8/c1-8-11-29(38)44-33-23(5)18-22(4)31(39)28(43-7)17-20(2)16-24-30(36-14-10-15-36)26(37)19-25(32(24)40)35-34(41)21(3)12-9-13-27(33)42-6/h9,12-13,18-20,22,27-28,31,33,37,39-40H,8,10-11,14-17H2,1-7H3,(H,35,41)/b13-9-,21-12+,23-18+/t20-,22+,27+,28+,31-,33+/m1/s1. The maximum Gasteiger partial charge on any atom is 0.306 e. The number of anilines is 2. The van der Waals surface area contributed by atoms with E-state index in [1.54, 1.807) is 32.3 Å². The molecule has 0 radical (unpaired) electrons. The van der Waals surface area contributed by atoms with Gasteiger partial charge in [0.15, 0.2) is 6.10 Å². The summed E-state index contributed by atoms with van der Waals surface area (Å²) in [6.45, 7) is 10.8. The number of benzene rings is 1. The second-order valence-electron chi connectivity index (χ2n) is 12.1. The van der Waals surface area contributed by atoms with Crippen LogP contribution in [0.5, 0.6) is 11.5 Å². The number of hydrogen-bond acceptors (Lipinski definition) is 9. The summed E-state index contributed by atoms with van der Waals surface area (Å²) in [5.74, 6) is -1.35. The number of allylic oxidation sites excluding steroid dienone is 2. The maximum absolute atomic E-state index is 13.1. The van der Waals surface area contributed by atoms with Crippen LogP contribution in [0.4, 0.5) is 11.4 Å². The minimum Gasteiger partial charge on any atom is -0.506 e. The van der Waals surface area contributed by atoms with E-state index in [1.807, 2.05) is 38.7 Å². The Labute approximate surface area is 261 Å². The predicted molar refractivity (Wildman–Crippen MR) is 171 cm³/mol. The largest absolute Gasteiger partial charge is 0.506 e. The summed E-state index contributed by atoms with van der Waals surface area (Å²) >= 11 is 0. The van der Waals surface area contributed by atoms with Crippen molar-refractivity contribution >= 4 is 23.3 Å². The van der Waals surface area contributed by atoms with Gasteiger partial charge in [0.1, 0.15) is 17.6 Å². The lowest BCUT2D eigenvalue weighted by Gasteiger charge is -2.36. The minimum atomic E-state index is -0.879. The minimum absolute atomic E-state index is 0.0171. The zero-order valence-electron chi connectivity index (χ0n) is 27.1. The van der Waals surface area contributed by atoms with Gasteiger partial charge in [0.2, 0.25) is 0 Å². The number of ether oxygens (including phenoxy) is 3. The first-order valence-corrected chi connectivity index (χ1v) is 15.5. The molecule has 0 aliphatic carbocycles. The van der Waals surface area contributed by atoms with Crippen molar-refractivity contribution in [3.63, 3.8) is 0 Å². The zero-order chi connectivity index (χ0) is 32.6. The van der Waals surface area contributed by atoms with Crippen molar-refractivity contribution in [2.24, 2.45) is 11.8 Å². The lowest BCUT2D eigenvalue weighted by atomic mass is 9.87. The van der Waals surface area contributed by atoms with E-state index >= 15 is 0 Å². The van der Waals surface area contributed by atoms with Gasteiger partial charge in [-0.2, -0.15) is 0 Å². The fourth-order valence-corrected chi connectivity index (χ4v) is 5.77. The Morgan fingerprint density at radius 1 is 1.14 bits per heavy atom. The van der Waals surface area contributed by atoms with Crippen molar-refractivity contribution in [2.75, 3.05) is 37.5 Å². The van der Waals surface area contributed by atoms with Crippen molar-refractivity contribution in [1.82, 2.24) is 0 Å². The summed E-state index contributed by atoms with van der Waals surface area (Å²) in [4.78, 5) is 27.7. The number of phenols is 2. The highest BCUT2D eigenvalue weighted by Gasteiger charge is 2.31. The van der Waals surface area contributed by atoms with E-state index in [-0.39, 0.29) is 41.4 Å². The number of nitrogens with one attached hydrogen (secondary N) is 1. The monoisotopic (exact) mass is 614 g/mol. The van der Waals surface area contributed by atoms with E-state index < -0.39 is 30.3 Å². The van der Waals surface area contributed by atoms with Gasteiger partial charge in [0.05, 0.1) is 23.6 Å². The summed E-state index contributed by atoms with van der Waals surface area (Å²) in [6, 6.07) is 1.38. The summed E-state index contributed by atoms with van der Waals surface area (Å²) < 4.78 is 17.3. The van der Waals surface area contributed by atoms with Crippen molar-refractivity contribution < 1.29 is 39.1 Å². The van der Waals surface area contributed by atoms with Crippen molar-refractivity contribution in [1.29, 1.82) is 0 Å². The molecule has 244 valence electrons. The predicted octanol–water partition coefficient (Wildman–Crippen LogP) is 5.02. The lowest BCUT2D eigenvalue weighted by Crippen LogP contribution is -2.38. The van der Waals surface area contributed by atoms with Crippen LogP contribution in [0.25, 0.3) is 0 Å². The number of carbonyl (C=O) groups excluding carboxylic acids is 2. The second kappa shape index (κ2) is 16.1. The van der Waals surface area contributed by atoms with Crippen LogP contribution in [0.2, 0.25) is 0 Å². The highest BCUT2D eigenvalue weighted by atomic mass is 16.6. The number of esters is 1. The topological polar surface area (TPSA) is 138 Å². The third-order valence-electron chi connectivity index (χ3n) is 8.44. The molecule has 0 aromatic heterocycles. The number of amides is 1. The van der Waals surface area contributed by atoms with Gasteiger partial charge in [-0.05, 0) is 51.0 Å². The summed E-state index contributed by atoms with van der Waals surface area (Å²) in [5.41, 5.74) is 2.28. The molecule has 2 bridgehead atoms. The van der Waals surface area contributed by atoms with Gasteiger partial charge in [-0.25, -0.2) is 0 Å². The van der Waals surface area contributed by atoms with Crippen LogP contribution in [-0.2, 0) is 30.2 Å². The molecular formula is C34H50N2O8. The fraction of sp³-hybridized carbons (Fsp3) is 0.588. The number of fused-ring (bicyclic) bond motifs is 2. The number of aliphatic hydroxyl groups is 1. The van der Waals surface area contributed by atoms with Gasteiger partial charge < -0.3 is 39.7 Å². The molecule has 2 aliphatic rings. The smallest absolute Gasteiger partial charge is 0.306 e. The number of methoxy groups -OCH3 is 2. The van der Waals surface area contributed by atoms with E-state index in [9.17, 15) is 24.9 Å². The van der Waals surface area contributed by atoms with Crippen LogP contribution in [0.1, 0.15) is 65.9 Å². The van der Waals surface area contributed by atoms with Gasteiger partial charge >= 0.3 is 5.97 Å². The molecular weight excluding hydrogens is 564 g/mol. The van der Waals surface area contributed by atoms with Crippen LogP contribution < -0.4 is 10.2 Å². The Hall–Kier alpha value is -3.34. The number of carbonyl (C=O) groups is 2. The van der Waals surface area contributed by atoms with E-state index in [1.165, 1.54) is 13.2 Å². The molecule has 0 saturated carbocycles. The number of nitrogens with zero attached hydrogens (tertiary/aromatic N) is 1. The molecule has 4 N–H and O–H groups in total. The Morgan fingerprint density at radius 3 is 2.43 bits per heavy atom. The van der Waals surface area contributed by atoms with E-state index in [0.29, 0.717) is 41.7 Å². The fourth-order valence-electron chi connectivity index (χ4n) is 5.77. The van der Waals surface area contributed by atoms with Gasteiger partial charge in [-0.1, -0.05) is 45.1 Å². The second-order valence-corrected chi connectivity index (χ2v) is 12.1. The van der Waals surface area contributed by atoms with Gasteiger partial charge in [0, 0.05) is 56.9 Å². The molecule has 3 rings (SSSR count). The average molecular weight is 615 g/mol. The summed E-state index contributed by atoms with van der Waals surface area (Å²) in [7, 11) is 3.07. The normalized spacial score (nSPS) is 30.3. The third-order valence-corrected chi connectivity index (χ3v) is 8.44. The molecule has 0 spiro atoms. The Morgan fingerprint density at radius 2 is 1.84 bits per heavy atom. The van der Waals surface area contributed by atoms with Crippen LogP contribution in [0.15, 0.2) is 41.5 Å². The van der Waals surface area contributed by atoms with Gasteiger partial charge in [0.25, 0.3) is 5.91 Å². The average Bonchev–Trinajstić information content (AvgIpc) is 2.95. The first kappa shape index (κ1) is 35.1. The van der Waals surface area contributed by atoms with Crippen molar-refractivity contribution in [3.8, 4) is 11.5 Å². The molecule has 1 saturated heterocycles. The lowest BCUT2D eigenvalue weighted by molar-refractivity contribution is -0.151. The molecule has 10 nitrogen and oxygen atoms in total. The van der Waals surface area contributed by atoms with Gasteiger partial charge in [-0.15, -0.1) is 0 Å². The molecule has 1 amide bonds. The molecule has 2 aliphatic heterocycles. The molecule has 1 fully saturated rings. The van der Waals surface area contributed by atoms with Gasteiger partial charge in [-0.3, -0.25) is 9.59 Å².